The quantitative estimate of drug-likeness (QED) is 0.569. The van der Waals surface area contributed by atoms with Gasteiger partial charge in [0, 0.05) is 23.1 Å². The zero-order valence-corrected chi connectivity index (χ0v) is 13.7. The van der Waals surface area contributed by atoms with Gasteiger partial charge >= 0.3 is 5.97 Å². The molecule has 0 bridgehead atoms. The molecule has 1 aliphatic rings. The first-order valence-corrected chi connectivity index (χ1v) is 8.19. The number of Topliss-reactive ketones (excluding diaryl/α,β-unsaturated/α-hetero) is 1. The van der Waals surface area contributed by atoms with Gasteiger partial charge in [-0.15, -0.1) is 0 Å². The first-order chi connectivity index (χ1) is 12.6. The van der Waals surface area contributed by atoms with Crippen molar-refractivity contribution in [3.8, 4) is 11.1 Å². The largest absolute Gasteiger partial charge is 0.478 e. The summed E-state index contributed by atoms with van der Waals surface area (Å²) in [6.45, 7) is 0. The van der Waals surface area contributed by atoms with Crippen LogP contribution in [0.2, 0.25) is 0 Å². The standard InChI is InChI=1S/C22H14O4/c23-20(16-6-2-4-8-18(16)22(25)26)12-13-9-10-15-14-5-1-3-7-17(14)21(24)19(15)11-13/h1-11H,12H2,(H,25,26). The molecule has 0 atom stereocenters. The van der Waals surface area contributed by atoms with Crippen molar-refractivity contribution in [1.82, 2.24) is 0 Å². The maximum absolute atomic E-state index is 12.6. The minimum Gasteiger partial charge on any atom is -0.478 e. The van der Waals surface area contributed by atoms with Gasteiger partial charge in [0.2, 0.25) is 0 Å². The summed E-state index contributed by atoms with van der Waals surface area (Å²) in [6.07, 6.45) is 0.0429. The molecule has 0 unspecified atom stereocenters. The molecule has 3 aromatic rings. The van der Waals surface area contributed by atoms with E-state index in [1.54, 1.807) is 24.3 Å². The number of benzene rings is 3. The van der Waals surface area contributed by atoms with Crippen LogP contribution in [0.4, 0.5) is 0 Å². The highest BCUT2D eigenvalue weighted by atomic mass is 16.4. The summed E-state index contributed by atoms with van der Waals surface area (Å²) in [6, 6.07) is 19.0. The van der Waals surface area contributed by atoms with E-state index in [4.69, 9.17) is 0 Å². The monoisotopic (exact) mass is 342 g/mol. The number of hydrogen-bond acceptors (Lipinski definition) is 3. The fourth-order valence-corrected chi connectivity index (χ4v) is 3.38. The van der Waals surface area contributed by atoms with Gasteiger partial charge in [-0.25, -0.2) is 4.79 Å². The van der Waals surface area contributed by atoms with Crippen LogP contribution in [0.25, 0.3) is 11.1 Å². The summed E-state index contributed by atoms with van der Waals surface area (Å²) >= 11 is 0. The van der Waals surface area contributed by atoms with Crippen molar-refractivity contribution in [2.45, 2.75) is 6.42 Å². The van der Waals surface area contributed by atoms with Crippen molar-refractivity contribution in [1.29, 1.82) is 0 Å². The van der Waals surface area contributed by atoms with E-state index >= 15 is 0 Å². The second kappa shape index (κ2) is 6.08. The van der Waals surface area contributed by atoms with Crippen LogP contribution in [0, 0.1) is 0 Å². The maximum atomic E-state index is 12.6. The third-order valence-corrected chi connectivity index (χ3v) is 4.61. The fourth-order valence-electron chi connectivity index (χ4n) is 3.38. The highest BCUT2D eigenvalue weighted by Crippen LogP contribution is 2.36. The Balaban J connectivity index is 1.67. The average Bonchev–Trinajstić information content (AvgIpc) is 2.94. The average molecular weight is 342 g/mol. The first kappa shape index (κ1) is 16.0. The van der Waals surface area contributed by atoms with Gasteiger partial charge in [0.05, 0.1) is 5.56 Å². The van der Waals surface area contributed by atoms with Crippen molar-refractivity contribution in [3.05, 3.63) is 94.5 Å². The minimum atomic E-state index is -1.13. The molecule has 4 heteroatoms. The lowest BCUT2D eigenvalue weighted by Crippen LogP contribution is -2.11. The molecule has 1 N–H and O–H groups in total. The number of rotatable bonds is 4. The van der Waals surface area contributed by atoms with Crippen molar-refractivity contribution >= 4 is 17.5 Å². The molecule has 0 fully saturated rings. The molecule has 1 aliphatic carbocycles. The zero-order chi connectivity index (χ0) is 18.3. The third kappa shape index (κ3) is 2.52. The molecule has 0 spiro atoms. The first-order valence-electron chi connectivity index (χ1n) is 8.19. The highest BCUT2D eigenvalue weighted by molar-refractivity contribution is 6.21. The van der Waals surface area contributed by atoms with Crippen molar-refractivity contribution in [2.24, 2.45) is 0 Å². The van der Waals surface area contributed by atoms with Gasteiger partial charge in [0.1, 0.15) is 0 Å². The maximum Gasteiger partial charge on any atom is 0.336 e. The van der Waals surface area contributed by atoms with Crippen LogP contribution in [0.3, 0.4) is 0 Å². The molecule has 4 rings (SSSR count). The topological polar surface area (TPSA) is 71.4 Å². The summed E-state index contributed by atoms with van der Waals surface area (Å²) in [5, 5.41) is 9.25. The second-order valence-corrected chi connectivity index (χ2v) is 6.21. The van der Waals surface area contributed by atoms with E-state index in [1.807, 2.05) is 30.3 Å². The van der Waals surface area contributed by atoms with E-state index in [-0.39, 0.29) is 29.1 Å². The molecule has 3 aromatic carbocycles. The normalized spacial score (nSPS) is 11.8. The van der Waals surface area contributed by atoms with Crippen LogP contribution in [0.5, 0.6) is 0 Å². The molecule has 0 aliphatic heterocycles. The lowest BCUT2D eigenvalue weighted by molar-refractivity contribution is 0.0691. The summed E-state index contributed by atoms with van der Waals surface area (Å²) in [7, 11) is 0. The van der Waals surface area contributed by atoms with Crippen molar-refractivity contribution in [3.63, 3.8) is 0 Å². The predicted molar refractivity (Wildman–Crippen MR) is 96.7 cm³/mol. The Kier molecular flexibility index (Phi) is 3.73. The van der Waals surface area contributed by atoms with E-state index in [9.17, 15) is 19.5 Å². The number of carboxylic acids is 1. The van der Waals surface area contributed by atoms with E-state index in [0.29, 0.717) is 16.7 Å². The van der Waals surface area contributed by atoms with Crippen LogP contribution < -0.4 is 0 Å². The smallest absolute Gasteiger partial charge is 0.336 e. The number of fused-ring (bicyclic) bond motifs is 3. The van der Waals surface area contributed by atoms with E-state index in [1.165, 1.54) is 12.1 Å². The van der Waals surface area contributed by atoms with Gasteiger partial charge in [0.25, 0.3) is 0 Å². The van der Waals surface area contributed by atoms with Gasteiger partial charge in [-0.2, -0.15) is 0 Å². The Morgan fingerprint density at radius 1 is 0.731 bits per heavy atom. The molecule has 126 valence electrons. The second-order valence-electron chi connectivity index (χ2n) is 6.21. The van der Waals surface area contributed by atoms with Crippen molar-refractivity contribution < 1.29 is 19.5 Å². The van der Waals surface area contributed by atoms with E-state index in [0.717, 1.165) is 11.1 Å². The summed E-state index contributed by atoms with van der Waals surface area (Å²) in [5.74, 6) is -1.46. The van der Waals surface area contributed by atoms with Crippen LogP contribution in [-0.2, 0) is 6.42 Å². The molecular formula is C22H14O4. The minimum absolute atomic E-state index is 0.0119. The van der Waals surface area contributed by atoms with E-state index < -0.39 is 5.97 Å². The van der Waals surface area contributed by atoms with Crippen LogP contribution in [0.15, 0.2) is 66.7 Å². The van der Waals surface area contributed by atoms with Gasteiger partial charge in [0.15, 0.2) is 11.6 Å². The number of carboxylic acid groups (broad SMARTS) is 1. The number of carbonyl (C=O) groups is 3. The fraction of sp³-hybridized carbons (Fsp3) is 0.0455. The molecule has 0 saturated heterocycles. The Labute approximate surface area is 149 Å². The molecule has 0 aromatic heterocycles. The van der Waals surface area contributed by atoms with Crippen LogP contribution >= 0.6 is 0 Å². The summed E-state index contributed by atoms with van der Waals surface area (Å²) in [4.78, 5) is 36.5. The molecule has 0 amide bonds. The molecule has 0 saturated carbocycles. The number of aromatic carboxylic acids is 1. The Bertz CT molecular complexity index is 1080. The van der Waals surface area contributed by atoms with Gasteiger partial charge in [-0.1, -0.05) is 54.6 Å². The zero-order valence-electron chi connectivity index (χ0n) is 13.7. The third-order valence-electron chi connectivity index (χ3n) is 4.61. The number of ketones is 2. The highest BCUT2D eigenvalue weighted by Gasteiger charge is 2.26. The predicted octanol–water partition coefficient (Wildman–Crippen LogP) is 4.02. The van der Waals surface area contributed by atoms with E-state index in [2.05, 4.69) is 0 Å². The van der Waals surface area contributed by atoms with Gasteiger partial charge in [-0.05, 0) is 28.8 Å². The molecular weight excluding hydrogens is 328 g/mol. The van der Waals surface area contributed by atoms with Crippen LogP contribution in [-0.4, -0.2) is 22.6 Å². The molecule has 26 heavy (non-hydrogen) atoms. The SMILES string of the molecule is O=C(O)c1ccccc1C(=O)Cc1ccc2c(c1)C(=O)c1ccccc1-2. The lowest BCUT2D eigenvalue weighted by atomic mass is 9.96. The Hall–Kier alpha value is -3.53. The molecule has 4 nitrogen and oxygen atoms in total. The molecule has 0 radical (unpaired) electrons. The summed E-state index contributed by atoms with van der Waals surface area (Å²) < 4.78 is 0. The van der Waals surface area contributed by atoms with Crippen LogP contribution in [0.1, 0.15) is 42.2 Å². The van der Waals surface area contributed by atoms with Crippen molar-refractivity contribution in [2.75, 3.05) is 0 Å². The number of carbonyl (C=O) groups excluding carboxylic acids is 2. The Morgan fingerprint density at radius 3 is 2.08 bits per heavy atom. The lowest BCUT2D eigenvalue weighted by Gasteiger charge is -2.07. The summed E-state index contributed by atoms with van der Waals surface area (Å²) in [5.41, 5.74) is 3.88. The van der Waals surface area contributed by atoms with Gasteiger partial charge in [-0.3, -0.25) is 9.59 Å². The Morgan fingerprint density at radius 2 is 1.35 bits per heavy atom. The number of hydrogen-bond donors (Lipinski definition) is 1. The van der Waals surface area contributed by atoms with Gasteiger partial charge < -0.3 is 5.11 Å². The molecule has 0 heterocycles.